The molecule has 2 aliphatic rings. The van der Waals surface area contributed by atoms with E-state index < -0.39 is 0 Å². The highest BCUT2D eigenvalue weighted by molar-refractivity contribution is 7.21. The Kier molecular flexibility index (Phi) is 5.78. The lowest BCUT2D eigenvalue weighted by Crippen LogP contribution is -2.30. The molecule has 0 aliphatic carbocycles. The number of ether oxygens (including phenoxy) is 2. The lowest BCUT2D eigenvalue weighted by Gasteiger charge is -2.30. The van der Waals surface area contributed by atoms with Crippen LogP contribution in [0.15, 0.2) is 48.8 Å². The second-order valence-electron chi connectivity index (χ2n) is 8.83. The second kappa shape index (κ2) is 9.09. The molecule has 0 saturated heterocycles. The van der Waals surface area contributed by atoms with Crippen molar-refractivity contribution < 1.29 is 9.47 Å². The summed E-state index contributed by atoms with van der Waals surface area (Å²) in [7, 11) is 3.33. The molecule has 4 heterocycles. The maximum absolute atomic E-state index is 6.27. The van der Waals surface area contributed by atoms with Crippen LogP contribution in [0.5, 0.6) is 11.5 Å². The molecule has 180 valence electrons. The number of benzene rings is 2. The van der Waals surface area contributed by atoms with Gasteiger partial charge in [-0.3, -0.25) is 0 Å². The molecule has 0 spiro atoms. The van der Waals surface area contributed by atoms with E-state index in [4.69, 9.17) is 21.1 Å². The van der Waals surface area contributed by atoms with Crippen LogP contribution in [0.2, 0.25) is 5.02 Å². The Hall–Kier alpha value is -3.23. The number of hydrogen-bond donors (Lipinski definition) is 0. The Morgan fingerprint density at radius 2 is 1.80 bits per heavy atom. The highest BCUT2D eigenvalue weighted by Crippen LogP contribution is 2.51. The zero-order chi connectivity index (χ0) is 23.9. The van der Waals surface area contributed by atoms with Gasteiger partial charge >= 0.3 is 0 Å². The second-order valence-corrected chi connectivity index (χ2v) is 10.2. The first-order valence-electron chi connectivity index (χ1n) is 11.6. The fourth-order valence-corrected chi connectivity index (χ4v) is 6.62. The summed E-state index contributed by atoms with van der Waals surface area (Å²) in [4.78, 5) is 9.53. The van der Waals surface area contributed by atoms with Crippen LogP contribution in [0.1, 0.15) is 23.1 Å². The molecule has 35 heavy (non-hydrogen) atoms. The summed E-state index contributed by atoms with van der Waals surface area (Å²) in [6, 6.07) is 14.3. The fourth-order valence-electron chi connectivity index (χ4n) is 5.04. The molecule has 0 radical (unpaired) electrons. The Morgan fingerprint density at radius 1 is 0.971 bits per heavy atom. The average molecular weight is 508 g/mol. The molecule has 0 fully saturated rings. The van der Waals surface area contributed by atoms with Crippen molar-refractivity contribution in [3.63, 3.8) is 0 Å². The van der Waals surface area contributed by atoms with Gasteiger partial charge in [0.15, 0.2) is 17.3 Å². The Morgan fingerprint density at radius 3 is 2.63 bits per heavy atom. The van der Waals surface area contributed by atoms with Crippen LogP contribution in [-0.4, -0.2) is 35.5 Å². The van der Waals surface area contributed by atoms with Gasteiger partial charge < -0.3 is 19.3 Å². The summed E-state index contributed by atoms with van der Waals surface area (Å²) in [5.74, 6) is 2.44. The van der Waals surface area contributed by atoms with Gasteiger partial charge in [0, 0.05) is 24.7 Å². The lowest BCUT2D eigenvalue weighted by atomic mass is 10.0. The molecule has 6 rings (SSSR count). The topological polar surface area (TPSA) is 55.7 Å². The van der Waals surface area contributed by atoms with Crippen LogP contribution in [0.25, 0.3) is 11.4 Å². The number of rotatable bonds is 6. The minimum absolute atomic E-state index is 0.657. The van der Waals surface area contributed by atoms with Crippen molar-refractivity contribution in [3.05, 3.63) is 70.5 Å². The standard InChI is InChI=1S/C26H26ClN5O2S/c1-33-21-9-8-18(12-22(21)34-2)14-31-16-32-24(28-15-29-32)23-20-7-4-10-30(25(20)35-26(23)31)13-17-5-3-6-19(27)11-17/h3,5-6,8-9,11-12,15H,4,7,10,13-14,16H2,1-2H3. The number of fused-ring (bicyclic) bond motifs is 5. The minimum Gasteiger partial charge on any atom is -0.493 e. The number of hydrogen-bond acceptors (Lipinski definition) is 7. The summed E-state index contributed by atoms with van der Waals surface area (Å²) in [6.07, 6.45) is 3.82. The maximum Gasteiger partial charge on any atom is 0.163 e. The summed E-state index contributed by atoms with van der Waals surface area (Å²) in [5.41, 5.74) is 4.98. The van der Waals surface area contributed by atoms with Crippen molar-refractivity contribution in [2.24, 2.45) is 0 Å². The minimum atomic E-state index is 0.657. The molecule has 2 aromatic heterocycles. The van der Waals surface area contributed by atoms with Crippen molar-refractivity contribution in [3.8, 4) is 22.9 Å². The van der Waals surface area contributed by atoms with Crippen LogP contribution in [-0.2, 0) is 26.2 Å². The lowest BCUT2D eigenvalue weighted by molar-refractivity contribution is 0.354. The summed E-state index contributed by atoms with van der Waals surface area (Å²) >= 11 is 8.13. The van der Waals surface area contributed by atoms with Crippen molar-refractivity contribution in [1.82, 2.24) is 14.8 Å². The molecule has 0 unspecified atom stereocenters. The van der Waals surface area contributed by atoms with Crippen molar-refractivity contribution in [2.75, 3.05) is 30.6 Å². The molecule has 0 saturated carbocycles. The van der Waals surface area contributed by atoms with Crippen LogP contribution in [0, 0.1) is 0 Å². The Bertz CT molecular complexity index is 1380. The smallest absolute Gasteiger partial charge is 0.163 e. The van der Waals surface area contributed by atoms with Crippen molar-refractivity contribution in [2.45, 2.75) is 32.6 Å². The third-order valence-corrected chi connectivity index (χ3v) is 8.21. The van der Waals surface area contributed by atoms with E-state index in [1.165, 1.54) is 26.7 Å². The first-order valence-corrected chi connectivity index (χ1v) is 12.8. The fraction of sp³-hybridized carbons (Fsp3) is 0.308. The van der Waals surface area contributed by atoms with Gasteiger partial charge in [-0.25, -0.2) is 9.67 Å². The highest BCUT2D eigenvalue weighted by atomic mass is 35.5. The van der Waals surface area contributed by atoms with Crippen LogP contribution in [0.3, 0.4) is 0 Å². The van der Waals surface area contributed by atoms with E-state index in [-0.39, 0.29) is 0 Å². The Balaban J connectivity index is 1.38. The van der Waals surface area contributed by atoms with Gasteiger partial charge in [-0.15, -0.1) is 0 Å². The molecule has 0 atom stereocenters. The summed E-state index contributed by atoms with van der Waals surface area (Å²) in [5, 5.41) is 7.89. The van der Waals surface area contributed by atoms with E-state index in [1.54, 1.807) is 20.5 Å². The molecule has 7 nitrogen and oxygen atoms in total. The SMILES string of the molecule is COc1ccc(CN2Cn3ncnc3-c3c2sc2c3CCCN2Cc2cccc(Cl)c2)cc1OC. The zero-order valence-electron chi connectivity index (χ0n) is 19.7. The van der Waals surface area contributed by atoms with Crippen LogP contribution < -0.4 is 19.3 Å². The van der Waals surface area contributed by atoms with Gasteiger partial charge in [0.2, 0.25) is 0 Å². The van der Waals surface area contributed by atoms with E-state index in [2.05, 4.69) is 38.1 Å². The third kappa shape index (κ3) is 4.00. The normalized spacial score (nSPS) is 14.4. The molecule has 0 N–H and O–H groups in total. The molecular weight excluding hydrogens is 482 g/mol. The van der Waals surface area contributed by atoms with E-state index in [1.807, 2.05) is 40.3 Å². The van der Waals surface area contributed by atoms with Gasteiger partial charge in [0.05, 0.1) is 24.8 Å². The van der Waals surface area contributed by atoms with Gasteiger partial charge in [0.1, 0.15) is 18.0 Å². The quantitative estimate of drug-likeness (QED) is 0.338. The van der Waals surface area contributed by atoms with Gasteiger partial charge in [-0.05, 0) is 53.8 Å². The predicted molar refractivity (Wildman–Crippen MR) is 140 cm³/mol. The first-order chi connectivity index (χ1) is 17.1. The number of methoxy groups -OCH3 is 2. The van der Waals surface area contributed by atoms with Gasteiger partial charge in [-0.1, -0.05) is 41.1 Å². The van der Waals surface area contributed by atoms with Gasteiger partial charge in [-0.2, -0.15) is 5.10 Å². The maximum atomic E-state index is 6.27. The van der Waals surface area contributed by atoms with E-state index in [0.717, 1.165) is 60.4 Å². The largest absolute Gasteiger partial charge is 0.493 e. The summed E-state index contributed by atoms with van der Waals surface area (Å²) < 4.78 is 13.0. The number of halogens is 1. The van der Waals surface area contributed by atoms with Crippen LogP contribution in [0.4, 0.5) is 10.0 Å². The molecule has 2 aliphatic heterocycles. The number of nitrogens with zero attached hydrogens (tertiary/aromatic N) is 5. The molecular formula is C26H26ClN5O2S. The van der Waals surface area contributed by atoms with Crippen molar-refractivity contribution >= 4 is 32.9 Å². The monoisotopic (exact) mass is 507 g/mol. The zero-order valence-corrected chi connectivity index (χ0v) is 21.3. The molecule has 4 aromatic rings. The predicted octanol–water partition coefficient (Wildman–Crippen LogP) is 5.61. The highest BCUT2D eigenvalue weighted by Gasteiger charge is 2.34. The summed E-state index contributed by atoms with van der Waals surface area (Å²) in [6.45, 7) is 3.27. The third-order valence-electron chi connectivity index (χ3n) is 6.62. The number of aromatic nitrogens is 3. The number of anilines is 2. The Labute approximate surface area is 213 Å². The van der Waals surface area contributed by atoms with Crippen LogP contribution >= 0.6 is 22.9 Å². The van der Waals surface area contributed by atoms with Gasteiger partial charge in [0.25, 0.3) is 0 Å². The van der Waals surface area contributed by atoms with E-state index in [9.17, 15) is 0 Å². The molecule has 0 bridgehead atoms. The molecule has 9 heteroatoms. The van der Waals surface area contributed by atoms with E-state index in [0.29, 0.717) is 6.67 Å². The molecule has 2 aromatic carbocycles. The number of thiophene rings is 1. The first kappa shape index (κ1) is 22.2. The van der Waals surface area contributed by atoms with E-state index >= 15 is 0 Å². The molecule has 0 amide bonds. The van der Waals surface area contributed by atoms with Crippen molar-refractivity contribution in [1.29, 1.82) is 0 Å². The average Bonchev–Trinajstić information content (AvgIpc) is 3.49.